The van der Waals surface area contributed by atoms with Gasteiger partial charge in [-0.2, -0.15) is 0 Å². The third-order valence-electron chi connectivity index (χ3n) is 4.86. The van der Waals surface area contributed by atoms with E-state index in [-0.39, 0.29) is 5.91 Å². The highest BCUT2D eigenvalue weighted by molar-refractivity contribution is 6.34. The zero-order chi connectivity index (χ0) is 18.0. The predicted octanol–water partition coefficient (Wildman–Crippen LogP) is 4.72. The van der Waals surface area contributed by atoms with Crippen LogP contribution in [0.25, 0.3) is 0 Å². The Morgan fingerprint density at radius 2 is 1.92 bits per heavy atom. The minimum absolute atomic E-state index is 0.251. The van der Waals surface area contributed by atoms with E-state index in [0.29, 0.717) is 22.0 Å². The van der Waals surface area contributed by atoms with E-state index in [1.807, 2.05) is 12.1 Å². The number of nitrogens with zero attached hydrogens (tertiary/aromatic N) is 1. The lowest BCUT2D eigenvalue weighted by molar-refractivity contribution is 0.102. The van der Waals surface area contributed by atoms with Crippen LogP contribution in [-0.2, 0) is 0 Å². The first-order valence-corrected chi connectivity index (χ1v) is 9.04. The zero-order valence-electron chi connectivity index (χ0n) is 14.7. The van der Waals surface area contributed by atoms with Gasteiger partial charge in [0.05, 0.1) is 22.0 Å². The largest absolute Gasteiger partial charge is 0.397 e. The first kappa shape index (κ1) is 17.6. The van der Waals surface area contributed by atoms with E-state index < -0.39 is 0 Å². The fourth-order valence-electron chi connectivity index (χ4n) is 3.25. The summed E-state index contributed by atoms with van der Waals surface area (Å²) in [5.74, 6) is 0.518. The summed E-state index contributed by atoms with van der Waals surface area (Å²) >= 11 is 6.12. The van der Waals surface area contributed by atoms with Gasteiger partial charge in [0.25, 0.3) is 5.91 Å². The lowest BCUT2D eigenvalue weighted by Crippen LogP contribution is -2.33. The number of anilines is 3. The monoisotopic (exact) mass is 357 g/mol. The van der Waals surface area contributed by atoms with Gasteiger partial charge in [-0.1, -0.05) is 30.7 Å². The van der Waals surface area contributed by atoms with Crippen LogP contribution >= 0.6 is 11.6 Å². The highest BCUT2D eigenvalue weighted by Crippen LogP contribution is 2.32. The lowest BCUT2D eigenvalue weighted by Gasteiger charge is -2.33. The van der Waals surface area contributed by atoms with Crippen molar-refractivity contribution in [2.75, 3.05) is 29.0 Å². The van der Waals surface area contributed by atoms with E-state index >= 15 is 0 Å². The van der Waals surface area contributed by atoms with Gasteiger partial charge >= 0.3 is 0 Å². The summed E-state index contributed by atoms with van der Waals surface area (Å²) in [4.78, 5) is 14.9. The number of nitrogens with one attached hydrogen (secondary N) is 1. The van der Waals surface area contributed by atoms with Gasteiger partial charge in [-0.3, -0.25) is 4.79 Å². The number of nitrogens with two attached hydrogens (primary N) is 1. The Morgan fingerprint density at radius 3 is 2.60 bits per heavy atom. The Bertz CT molecular complexity index is 783. The van der Waals surface area contributed by atoms with Crippen LogP contribution in [0, 0.1) is 12.8 Å². The second-order valence-electron chi connectivity index (χ2n) is 6.83. The molecule has 3 N–H and O–H groups in total. The number of piperidine rings is 1. The standard InChI is InChI=1S/C20H24ClN3O/c1-13-7-9-24(10-8-13)19-12-18(17(22)11-14(19)2)23-20(25)15-5-3-4-6-16(15)21/h3-6,11-13H,7-10,22H2,1-2H3,(H,23,25). The summed E-state index contributed by atoms with van der Waals surface area (Å²) in [5, 5.41) is 3.33. The molecular formula is C20H24ClN3O. The Labute approximate surface area is 154 Å². The van der Waals surface area contributed by atoms with Gasteiger partial charge in [0.2, 0.25) is 0 Å². The molecule has 0 radical (unpaired) electrons. The van der Waals surface area contributed by atoms with Crippen molar-refractivity contribution in [3.63, 3.8) is 0 Å². The number of amides is 1. The maximum Gasteiger partial charge on any atom is 0.257 e. The second kappa shape index (κ2) is 7.36. The number of carbonyl (C=O) groups excluding carboxylic acids is 1. The molecule has 5 heteroatoms. The average Bonchev–Trinajstić information content (AvgIpc) is 2.58. The summed E-state index contributed by atoms with van der Waals surface area (Å²) in [7, 11) is 0. The first-order chi connectivity index (χ1) is 12.0. The number of hydrogen-bond acceptors (Lipinski definition) is 3. The van der Waals surface area contributed by atoms with Crippen molar-refractivity contribution >= 4 is 34.6 Å². The van der Waals surface area contributed by atoms with Gasteiger partial charge < -0.3 is 16.0 Å². The van der Waals surface area contributed by atoms with Gasteiger partial charge in [0.1, 0.15) is 0 Å². The Morgan fingerprint density at radius 1 is 1.24 bits per heavy atom. The van der Waals surface area contributed by atoms with Gasteiger partial charge in [-0.15, -0.1) is 0 Å². The summed E-state index contributed by atoms with van der Waals surface area (Å²) in [6.45, 7) is 6.42. The van der Waals surface area contributed by atoms with E-state index in [4.69, 9.17) is 17.3 Å². The Kier molecular flexibility index (Phi) is 5.19. The molecule has 1 saturated heterocycles. The number of halogens is 1. The highest BCUT2D eigenvalue weighted by atomic mass is 35.5. The maximum atomic E-state index is 12.5. The molecule has 3 rings (SSSR count). The fourth-order valence-corrected chi connectivity index (χ4v) is 3.47. The van der Waals surface area contributed by atoms with E-state index in [9.17, 15) is 4.79 Å². The van der Waals surface area contributed by atoms with E-state index in [2.05, 4.69) is 24.1 Å². The first-order valence-electron chi connectivity index (χ1n) is 8.66. The molecule has 0 bridgehead atoms. The number of aryl methyl sites for hydroxylation is 1. The minimum Gasteiger partial charge on any atom is -0.397 e. The van der Waals surface area contributed by atoms with Crippen LogP contribution in [0.2, 0.25) is 5.02 Å². The molecule has 0 aromatic heterocycles. The predicted molar refractivity (Wildman–Crippen MR) is 106 cm³/mol. The summed E-state index contributed by atoms with van der Waals surface area (Å²) in [6, 6.07) is 10.9. The highest BCUT2D eigenvalue weighted by Gasteiger charge is 2.19. The molecule has 1 heterocycles. The van der Waals surface area contributed by atoms with Crippen molar-refractivity contribution in [1.82, 2.24) is 0 Å². The number of nitrogen functional groups attached to an aromatic ring is 1. The van der Waals surface area contributed by atoms with Crippen LogP contribution in [0.15, 0.2) is 36.4 Å². The van der Waals surface area contributed by atoms with Crippen LogP contribution in [0.5, 0.6) is 0 Å². The van der Waals surface area contributed by atoms with Crippen LogP contribution in [0.4, 0.5) is 17.1 Å². The molecule has 2 aromatic carbocycles. The van der Waals surface area contributed by atoms with Crippen molar-refractivity contribution in [3.8, 4) is 0 Å². The molecule has 0 spiro atoms. The molecule has 0 unspecified atom stereocenters. The van der Waals surface area contributed by atoms with Crippen LogP contribution in [-0.4, -0.2) is 19.0 Å². The number of carbonyl (C=O) groups is 1. The molecule has 1 amide bonds. The summed E-state index contributed by atoms with van der Waals surface area (Å²) in [6.07, 6.45) is 2.37. The van der Waals surface area contributed by atoms with Crippen LogP contribution in [0.3, 0.4) is 0 Å². The van der Waals surface area contributed by atoms with Crippen molar-refractivity contribution in [2.24, 2.45) is 5.92 Å². The second-order valence-corrected chi connectivity index (χ2v) is 7.24. The van der Waals surface area contributed by atoms with Crippen LogP contribution < -0.4 is 16.0 Å². The molecule has 0 saturated carbocycles. The molecule has 132 valence electrons. The number of hydrogen-bond donors (Lipinski definition) is 2. The number of rotatable bonds is 3. The normalized spacial score (nSPS) is 15.2. The molecule has 2 aromatic rings. The molecule has 1 aliphatic heterocycles. The Balaban J connectivity index is 1.85. The molecule has 25 heavy (non-hydrogen) atoms. The van der Waals surface area contributed by atoms with Crippen LogP contribution in [0.1, 0.15) is 35.7 Å². The molecule has 4 nitrogen and oxygen atoms in total. The zero-order valence-corrected chi connectivity index (χ0v) is 15.4. The van der Waals surface area contributed by atoms with Crippen molar-refractivity contribution in [1.29, 1.82) is 0 Å². The molecular weight excluding hydrogens is 334 g/mol. The quantitative estimate of drug-likeness (QED) is 0.781. The molecule has 1 fully saturated rings. The molecule has 0 aliphatic carbocycles. The van der Waals surface area contributed by atoms with Gasteiger partial charge in [0.15, 0.2) is 0 Å². The van der Waals surface area contributed by atoms with E-state index in [1.54, 1.807) is 24.3 Å². The van der Waals surface area contributed by atoms with Crippen molar-refractivity contribution < 1.29 is 4.79 Å². The number of benzene rings is 2. The summed E-state index contributed by atoms with van der Waals surface area (Å²) in [5.41, 5.74) is 10.0. The fraction of sp³-hybridized carbons (Fsp3) is 0.350. The smallest absolute Gasteiger partial charge is 0.257 e. The topological polar surface area (TPSA) is 58.4 Å². The van der Waals surface area contributed by atoms with E-state index in [0.717, 1.165) is 30.3 Å². The van der Waals surface area contributed by atoms with Crippen molar-refractivity contribution in [3.05, 3.63) is 52.5 Å². The van der Waals surface area contributed by atoms with E-state index in [1.165, 1.54) is 12.8 Å². The van der Waals surface area contributed by atoms with Crippen molar-refractivity contribution in [2.45, 2.75) is 26.7 Å². The Hall–Kier alpha value is -2.20. The molecule has 0 atom stereocenters. The third kappa shape index (κ3) is 3.90. The minimum atomic E-state index is -0.251. The van der Waals surface area contributed by atoms with Gasteiger partial charge in [-0.05, 0) is 55.5 Å². The average molecular weight is 358 g/mol. The summed E-state index contributed by atoms with van der Waals surface area (Å²) < 4.78 is 0. The molecule has 1 aliphatic rings. The SMILES string of the molecule is Cc1cc(N)c(NC(=O)c2ccccc2Cl)cc1N1CCC(C)CC1. The lowest BCUT2D eigenvalue weighted by atomic mass is 9.98. The van der Waals surface area contributed by atoms with Gasteiger partial charge in [-0.25, -0.2) is 0 Å². The van der Waals surface area contributed by atoms with Gasteiger partial charge in [0, 0.05) is 18.8 Å². The third-order valence-corrected chi connectivity index (χ3v) is 5.19. The maximum absolute atomic E-state index is 12.5.